The van der Waals surface area contributed by atoms with Gasteiger partial charge in [0.05, 0.1) is 18.3 Å². The topological polar surface area (TPSA) is 126 Å². The van der Waals surface area contributed by atoms with Crippen LogP contribution in [0.5, 0.6) is 0 Å². The molecule has 1 aromatic carbocycles. The normalized spacial score (nSPS) is 12.3. The second-order valence-corrected chi connectivity index (χ2v) is 8.61. The first-order valence-electron chi connectivity index (χ1n) is 11.8. The maximum Gasteiger partial charge on any atom is 0.408 e. The summed E-state index contributed by atoms with van der Waals surface area (Å²) in [6, 6.07) is 12.5. The number of hydrogen-bond donors (Lipinski definition) is 3. The number of Topliss-reactive ketones (excluding diaryl/α,β-unsaturated/α-hetero) is 1. The predicted molar refractivity (Wildman–Crippen MR) is 131 cm³/mol. The Kier molecular flexibility index (Phi) is 11.4. The molecule has 2 atom stereocenters. The number of amides is 3. The van der Waals surface area contributed by atoms with Crippen molar-refractivity contribution >= 4 is 23.7 Å². The number of carbonyl (C=O) groups is 4. The second kappa shape index (κ2) is 14.5. The zero-order chi connectivity index (χ0) is 25.6. The number of benzene rings is 1. The van der Waals surface area contributed by atoms with Crippen LogP contribution in [0.15, 0.2) is 54.7 Å². The minimum Gasteiger partial charge on any atom is -0.445 e. The van der Waals surface area contributed by atoms with Gasteiger partial charge in [0.2, 0.25) is 11.7 Å². The zero-order valence-electron chi connectivity index (χ0n) is 20.5. The summed E-state index contributed by atoms with van der Waals surface area (Å²) < 4.78 is 5.24. The monoisotopic (exact) mass is 482 g/mol. The van der Waals surface area contributed by atoms with Crippen LogP contribution >= 0.6 is 0 Å². The molecule has 9 heteroatoms. The molecule has 0 radical (unpaired) electrons. The van der Waals surface area contributed by atoms with Crippen molar-refractivity contribution in [2.75, 3.05) is 0 Å². The van der Waals surface area contributed by atoms with Crippen molar-refractivity contribution < 1.29 is 23.9 Å². The Labute approximate surface area is 206 Å². The van der Waals surface area contributed by atoms with E-state index in [0.29, 0.717) is 18.5 Å². The molecule has 0 unspecified atom stereocenters. The van der Waals surface area contributed by atoms with Crippen LogP contribution in [0.2, 0.25) is 0 Å². The minimum absolute atomic E-state index is 0.0656. The predicted octanol–water partition coefficient (Wildman–Crippen LogP) is 2.89. The number of carbonyl (C=O) groups excluding carboxylic acids is 4. The van der Waals surface area contributed by atoms with E-state index in [2.05, 4.69) is 20.9 Å². The van der Waals surface area contributed by atoms with Crippen molar-refractivity contribution in [2.45, 2.75) is 65.3 Å². The summed E-state index contributed by atoms with van der Waals surface area (Å²) in [4.78, 5) is 54.6. The van der Waals surface area contributed by atoms with Gasteiger partial charge in [-0.2, -0.15) is 0 Å². The number of ketones is 1. The number of nitrogens with zero attached hydrogens (tertiary/aromatic N) is 1. The van der Waals surface area contributed by atoms with Gasteiger partial charge in [-0.3, -0.25) is 19.4 Å². The van der Waals surface area contributed by atoms with Crippen molar-refractivity contribution in [1.82, 2.24) is 20.9 Å². The van der Waals surface area contributed by atoms with E-state index in [0.717, 1.165) is 5.56 Å². The standard InChI is InChI=1S/C26H34N4O5/c1-4-10-21(23(31)25(33)28-16-20-13-8-9-14-27-20)29-24(32)22(15-18(2)3)30-26(34)35-17-19-11-6-5-7-12-19/h5-9,11-14,18,21-22H,4,10,15-17H2,1-3H3,(H,28,33)(H,29,32)(H,30,34)/t21-,22+/m1/s1. The molecule has 2 rings (SSSR count). The Morgan fingerprint density at radius 2 is 1.66 bits per heavy atom. The Morgan fingerprint density at radius 1 is 0.943 bits per heavy atom. The lowest BCUT2D eigenvalue weighted by molar-refractivity contribution is -0.140. The van der Waals surface area contributed by atoms with Crippen molar-refractivity contribution in [2.24, 2.45) is 5.92 Å². The Bertz CT molecular complexity index is 966. The molecule has 188 valence electrons. The van der Waals surface area contributed by atoms with Crippen LogP contribution in [0.1, 0.15) is 51.3 Å². The number of rotatable bonds is 13. The fraction of sp³-hybridized carbons (Fsp3) is 0.423. The average Bonchev–Trinajstić information content (AvgIpc) is 2.85. The van der Waals surface area contributed by atoms with Crippen LogP contribution in [0.4, 0.5) is 4.79 Å². The zero-order valence-corrected chi connectivity index (χ0v) is 20.5. The smallest absolute Gasteiger partial charge is 0.408 e. The third-order valence-corrected chi connectivity index (χ3v) is 5.12. The summed E-state index contributed by atoms with van der Waals surface area (Å²) in [7, 11) is 0. The Morgan fingerprint density at radius 3 is 2.29 bits per heavy atom. The highest BCUT2D eigenvalue weighted by atomic mass is 16.5. The number of nitrogens with one attached hydrogen (secondary N) is 3. The van der Waals surface area contributed by atoms with E-state index in [1.165, 1.54) is 0 Å². The van der Waals surface area contributed by atoms with Crippen LogP contribution in [0, 0.1) is 5.92 Å². The first-order valence-corrected chi connectivity index (χ1v) is 11.8. The third kappa shape index (κ3) is 9.95. The molecule has 0 aliphatic carbocycles. The van der Waals surface area contributed by atoms with Gasteiger partial charge in [0.1, 0.15) is 12.6 Å². The van der Waals surface area contributed by atoms with Crippen molar-refractivity contribution in [3.05, 3.63) is 66.0 Å². The van der Waals surface area contributed by atoms with Crippen molar-refractivity contribution in [3.63, 3.8) is 0 Å². The number of alkyl carbamates (subject to hydrolysis) is 1. The highest BCUT2D eigenvalue weighted by molar-refractivity contribution is 6.38. The van der Waals surface area contributed by atoms with E-state index in [-0.39, 0.29) is 25.5 Å². The molecule has 0 saturated heterocycles. The second-order valence-electron chi connectivity index (χ2n) is 8.61. The summed E-state index contributed by atoms with van der Waals surface area (Å²) >= 11 is 0. The molecule has 3 N–H and O–H groups in total. The highest BCUT2D eigenvalue weighted by Gasteiger charge is 2.30. The van der Waals surface area contributed by atoms with Gasteiger partial charge in [0.25, 0.3) is 5.91 Å². The van der Waals surface area contributed by atoms with Gasteiger partial charge in [0, 0.05) is 6.20 Å². The van der Waals surface area contributed by atoms with Gasteiger partial charge in [0.15, 0.2) is 0 Å². The highest BCUT2D eigenvalue weighted by Crippen LogP contribution is 2.08. The van der Waals surface area contributed by atoms with Gasteiger partial charge in [-0.25, -0.2) is 4.79 Å². The van der Waals surface area contributed by atoms with E-state index in [1.54, 1.807) is 24.4 Å². The molecule has 0 spiro atoms. The van der Waals surface area contributed by atoms with Gasteiger partial charge < -0.3 is 20.7 Å². The van der Waals surface area contributed by atoms with E-state index in [9.17, 15) is 19.2 Å². The number of hydrogen-bond acceptors (Lipinski definition) is 6. The van der Waals surface area contributed by atoms with Gasteiger partial charge in [-0.1, -0.05) is 63.6 Å². The SMILES string of the molecule is CCC[C@@H](NC(=O)[C@H](CC(C)C)NC(=O)OCc1ccccc1)C(=O)C(=O)NCc1ccccn1. The quantitative estimate of drug-likeness (QED) is 0.377. The van der Waals surface area contributed by atoms with E-state index in [1.807, 2.05) is 51.1 Å². The lowest BCUT2D eigenvalue weighted by Gasteiger charge is -2.23. The lowest BCUT2D eigenvalue weighted by atomic mass is 10.0. The van der Waals surface area contributed by atoms with E-state index >= 15 is 0 Å². The first kappa shape index (κ1) is 27.5. The summed E-state index contributed by atoms with van der Waals surface area (Å²) in [6.07, 6.45) is 2.06. The molecule has 1 aromatic heterocycles. The number of ether oxygens (including phenoxy) is 1. The summed E-state index contributed by atoms with van der Waals surface area (Å²) in [6.45, 7) is 5.84. The first-order chi connectivity index (χ1) is 16.8. The molecule has 35 heavy (non-hydrogen) atoms. The van der Waals surface area contributed by atoms with Crippen LogP contribution in [0.25, 0.3) is 0 Å². The summed E-state index contributed by atoms with van der Waals surface area (Å²) in [5.41, 5.74) is 1.43. The summed E-state index contributed by atoms with van der Waals surface area (Å²) in [5.74, 6) is -2.00. The van der Waals surface area contributed by atoms with Crippen LogP contribution in [-0.2, 0) is 32.3 Å². The molecular formula is C26H34N4O5. The summed E-state index contributed by atoms with van der Waals surface area (Å²) in [5, 5.41) is 7.78. The number of aromatic nitrogens is 1. The maximum atomic E-state index is 13.0. The van der Waals surface area contributed by atoms with Gasteiger partial charge >= 0.3 is 6.09 Å². The van der Waals surface area contributed by atoms with Crippen LogP contribution < -0.4 is 16.0 Å². The molecule has 0 aliphatic rings. The molecule has 0 aliphatic heterocycles. The fourth-order valence-corrected chi connectivity index (χ4v) is 3.36. The maximum absolute atomic E-state index is 13.0. The molecule has 0 fully saturated rings. The molecule has 2 aromatic rings. The van der Waals surface area contributed by atoms with Crippen molar-refractivity contribution in [3.8, 4) is 0 Å². The minimum atomic E-state index is -1.01. The Hall–Kier alpha value is -3.75. The molecule has 9 nitrogen and oxygen atoms in total. The molecule has 0 saturated carbocycles. The average molecular weight is 483 g/mol. The van der Waals surface area contributed by atoms with Gasteiger partial charge in [-0.05, 0) is 36.5 Å². The number of pyridine rings is 1. The van der Waals surface area contributed by atoms with Crippen molar-refractivity contribution in [1.29, 1.82) is 0 Å². The largest absolute Gasteiger partial charge is 0.445 e. The molecule has 0 bridgehead atoms. The van der Waals surface area contributed by atoms with Gasteiger partial charge in [-0.15, -0.1) is 0 Å². The van der Waals surface area contributed by atoms with Crippen LogP contribution in [-0.4, -0.2) is 40.8 Å². The van der Waals surface area contributed by atoms with E-state index < -0.39 is 35.8 Å². The van der Waals surface area contributed by atoms with E-state index in [4.69, 9.17) is 4.74 Å². The Balaban J connectivity index is 1.97. The third-order valence-electron chi connectivity index (χ3n) is 5.12. The van der Waals surface area contributed by atoms with Crippen LogP contribution in [0.3, 0.4) is 0 Å². The lowest BCUT2D eigenvalue weighted by Crippen LogP contribution is -2.54. The fourth-order valence-electron chi connectivity index (χ4n) is 3.36. The molecular weight excluding hydrogens is 448 g/mol. The molecule has 3 amide bonds. The molecule has 1 heterocycles.